The molecular formula is C14H22ClN3O4. The Bertz CT molecular complexity index is 549. The molecule has 7 nitrogen and oxygen atoms in total. The zero-order chi connectivity index (χ0) is 16.2. The number of nitro groups is 1. The third-order valence-electron chi connectivity index (χ3n) is 3.20. The standard InChI is InChI=1S/C14H21N3O4.ClH/c1-14(2,8-15)9-16(3)13(18)11-7-10(21-4)5-6-12(11)17(19)20;/h5-7H,8-9,15H2,1-4H3;1H. The molecule has 0 aliphatic carbocycles. The Morgan fingerprint density at radius 3 is 2.50 bits per heavy atom. The fourth-order valence-corrected chi connectivity index (χ4v) is 1.96. The molecular weight excluding hydrogens is 310 g/mol. The summed E-state index contributed by atoms with van der Waals surface area (Å²) in [5, 5.41) is 11.1. The lowest BCUT2D eigenvalue weighted by Crippen LogP contribution is -2.39. The maximum atomic E-state index is 12.5. The number of benzene rings is 1. The smallest absolute Gasteiger partial charge is 0.282 e. The van der Waals surface area contributed by atoms with Crippen LogP contribution in [0.15, 0.2) is 18.2 Å². The maximum absolute atomic E-state index is 12.5. The summed E-state index contributed by atoms with van der Waals surface area (Å²) in [6, 6.07) is 4.11. The summed E-state index contributed by atoms with van der Waals surface area (Å²) in [4.78, 5) is 24.4. The van der Waals surface area contributed by atoms with E-state index in [1.54, 1.807) is 7.05 Å². The molecule has 0 aromatic heterocycles. The molecule has 22 heavy (non-hydrogen) atoms. The molecule has 8 heteroatoms. The van der Waals surface area contributed by atoms with Gasteiger partial charge in [-0.2, -0.15) is 0 Å². The third kappa shape index (κ3) is 4.85. The molecule has 1 amide bonds. The highest BCUT2D eigenvalue weighted by atomic mass is 35.5. The number of methoxy groups -OCH3 is 1. The van der Waals surface area contributed by atoms with Crippen molar-refractivity contribution < 1.29 is 14.5 Å². The van der Waals surface area contributed by atoms with Gasteiger partial charge in [0.1, 0.15) is 11.3 Å². The Morgan fingerprint density at radius 2 is 2.05 bits per heavy atom. The molecule has 0 saturated heterocycles. The van der Waals surface area contributed by atoms with Gasteiger partial charge in [-0.25, -0.2) is 0 Å². The number of hydrogen-bond acceptors (Lipinski definition) is 5. The molecule has 0 heterocycles. The lowest BCUT2D eigenvalue weighted by molar-refractivity contribution is -0.385. The van der Waals surface area contributed by atoms with Crippen molar-refractivity contribution in [3.63, 3.8) is 0 Å². The number of halogens is 1. The third-order valence-corrected chi connectivity index (χ3v) is 3.20. The molecule has 0 bridgehead atoms. The lowest BCUT2D eigenvalue weighted by Gasteiger charge is -2.29. The van der Waals surface area contributed by atoms with Crippen LogP contribution in [-0.2, 0) is 0 Å². The highest BCUT2D eigenvalue weighted by Gasteiger charge is 2.27. The van der Waals surface area contributed by atoms with Gasteiger partial charge in [-0.05, 0) is 24.1 Å². The second-order valence-corrected chi connectivity index (χ2v) is 5.67. The van der Waals surface area contributed by atoms with E-state index in [9.17, 15) is 14.9 Å². The van der Waals surface area contributed by atoms with E-state index >= 15 is 0 Å². The van der Waals surface area contributed by atoms with Gasteiger partial charge >= 0.3 is 0 Å². The quantitative estimate of drug-likeness (QED) is 0.635. The average molecular weight is 332 g/mol. The summed E-state index contributed by atoms with van der Waals surface area (Å²) in [7, 11) is 3.04. The maximum Gasteiger partial charge on any atom is 0.282 e. The Kier molecular flexibility index (Phi) is 7.28. The first kappa shape index (κ1) is 20.1. The number of ether oxygens (including phenoxy) is 1. The van der Waals surface area contributed by atoms with Gasteiger partial charge in [0.15, 0.2) is 0 Å². The minimum absolute atomic E-state index is 0. The minimum atomic E-state index is -0.575. The first-order valence-corrected chi connectivity index (χ1v) is 6.50. The van der Waals surface area contributed by atoms with Crippen molar-refractivity contribution in [3.05, 3.63) is 33.9 Å². The minimum Gasteiger partial charge on any atom is -0.497 e. The van der Waals surface area contributed by atoms with Crippen molar-refractivity contribution in [2.75, 3.05) is 27.2 Å². The van der Waals surface area contributed by atoms with Gasteiger partial charge in [0, 0.05) is 19.7 Å². The summed E-state index contributed by atoms with van der Waals surface area (Å²) in [5.74, 6) is -0.0300. The highest BCUT2D eigenvalue weighted by Crippen LogP contribution is 2.26. The van der Waals surface area contributed by atoms with Gasteiger partial charge in [0.2, 0.25) is 0 Å². The topological polar surface area (TPSA) is 98.7 Å². The Hall–Kier alpha value is -1.86. The van der Waals surface area contributed by atoms with Crippen LogP contribution >= 0.6 is 12.4 Å². The predicted octanol–water partition coefficient (Wildman–Crippen LogP) is 2.08. The molecule has 0 spiro atoms. The molecule has 2 N–H and O–H groups in total. The van der Waals surface area contributed by atoms with Gasteiger partial charge in [-0.3, -0.25) is 14.9 Å². The molecule has 0 saturated carbocycles. The Labute approximate surface area is 136 Å². The van der Waals surface area contributed by atoms with Gasteiger partial charge in [0.25, 0.3) is 11.6 Å². The van der Waals surface area contributed by atoms with Crippen molar-refractivity contribution in [1.29, 1.82) is 0 Å². The first-order chi connectivity index (χ1) is 9.71. The number of amides is 1. The van der Waals surface area contributed by atoms with E-state index in [2.05, 4.69) is 0 Å². The molecule has 1 rings (SSSR count). The van der Waals surface area contributed by atoms with Crippen molar-refractivity contribution in [3.8, 4) is 5.75 Å². The number of rotatable bonds is 6. The van der Waals surface area contributed by atoms with Crippen LogP contribution in [0.2, 0.25) is 0 Å². The summed E-state index contributed by atoms with van der Waals surface area (Å²) < 4.78 is 5.03. The number of hydrogen-bond donors (Lipinski definition) is 1. The second kappa shape index (κ2) is 7.95. The van der Waals surface area contributed by atoms with Crippen LogP contribution in [0.3, 0.4) is 0 Å². The van der Waals surface area contributed by atoms with Crippen LogP contribution in [0.4, 0.5) is 5.69 Å². The highest BCUT2D eigenvalue weighted by molar-refractivity contribution is 5.98. The van der Waals surface area contributed by atoms with Gasteiger partial charge in [0.05, 0.1) is 12.0 Å². The molecule has 0 unspecified atom stereocenters. The molecule has 1 aromatic rings. The number of nitro benzene ring substituents is 1. The summed E-state index contributed by atoms with van der Waals surface area (Å²) in [6.45, 7) is 4.66. The van der Waals surface area contributed by atoms with E-state index in [0.29, 0.717) is 18.8 Å². The normalized spacial score (nSPS) is 10.6. The van der Waals surface area contributed by atoms with Crippen LogP contribution in [-0.4, -0.2) is 43.0 Å². The molecule has 0 radical (unpaired) electrons. The SMILES string of the molecule is COc1ccc([N+](=O)[O-])c(C(=O)N(C)CC(C)(C)CN)c1.Cl. The molecule has 0 aliphatic rings. The largest absolute Gasteiger partial charge is 0.497 e. The van der Waals surface area contributed by atoms with Crippen molar-refractivity contribution in [1.82, 2.24) is 4.90 Å². The van der Waals surface area contributed by atoms with E-state index in [1.165, 1.54) is 30.2 Å². The first-order valence-electron chi connectivity index (χ1n) is 6.50. The van der Waals surface area contributed by atoms with Crippen LogP contribution < -0.4 is 10.5 Å². The lowest BCUT2D eigenvalue weighted by atomic mass is 9.93. The average Bonchev–Trinajstić information content (AvgIpc) is 2.45. The summed E-state index contributed by atoms with van der Waals surface area (Å²) in [5.41, 5.74) is 5.16. The Morgan fingerprint density at radius 1 is 1.45 bits per heavy atom. The van der Waals surface area contributed by atoms with Crippen LogP contribution in [0.1, 0.15) is 24.2 Å². The van der Waals surface area contributed by atoms with E-state index in [0.717, 1.165) is 0 Å². The fraction of sp³-hybridized carbons (Fsp3) is 0.500. The molecule has 0 aliphatic heterocycles. The zero-order valence-electron chi connectivity index (χ0n) is 13.2. The fourth-order valence-electron chi connectivity index (χ4n) is 1.96. The van der Waals surface area contributed by atoms with E-state index in [1.807, 2.05) is 13.8 Å². The van der Waals surface area contributed by atoms with Crippen LogP contribution in [0.25, 0.3) is 0 Å². The van der Waals surface area contributed by atoms with Crippen LogP contribution in [0, 0.1) is 15.5 Å². The van der Waals surface area contributed by atoms with Crippen LogP contribution in [0.5, 0.6) is 5.75 Å². The predicted molar refractivity (Wildman–Crippen MR) is 86.7 cm³/mol. The Balaban J connectivity index is 0.00000441. The van der Waals surface area contributed by atoms with Gasteiger partial charge in [-0.1, -0.05) is 13.8 Å². The van der Waals surface area contributed by atoms with E-state index in [4.69, 9.17) is 10.5 Å². The number of carbonyl (C=O) groups is 1. The van der Waals surface area contributed by atoms with Crippen molar-refractivity contribution in [2.45, 2.75) is 13.8 Å². The van der Waals surface area contributed by atoms with Crippen molar-refractivity contribution in [2.24, 2.45) is 11.1 Å². The van der Waals surface area contributed by atoms with Gasteiger partial charge in [-0.15, -0.1) is 12.4 Å². The number of nitrogens with zero attached hydrogens (tertiary/aromatic N) is 2. The number of nitrogens with two attached hydrogens (primary N) is 1. The van der Waals surface area contributed by atoms with E-state index < -0.39 is 10.8 Å². The second-order valence-electron chi connectivity index (χ2n) is 5.67. The summed E-state index contributed by atoms with van der Waals surface area (Å²) in [6.07, 6.45) is 0. The summed E-state index contributed by atoms with van der Waals surface area (Å²) >= 11 is 0. The van der Waals surface area contributed by atoms with Crippen molar-refractivity contribution >= 4 is 24.0 Å². The molecule has 1 aromatic carbocycles. The molecule has 124 valence electrons. The van der Waals surface area contributed by atoms with Gasteiger partial charge < -0.3 is 15.4 Å². The molecule has 0 atom stereocenters. The van der Waals surface area contributed by atoms with E-state index in [-0.39, 0.29) is 29.1 Å². The monoisotopic (exact) mass is 331 g/mol. The zero-order valence-corrected chi connectivity index (χ0v) is 14.0. The molecule has 0 fully saturated rings. The number of carbonyl (C=O) groups excluding carboxylic acids is 1.